The van der Waals surface area contributed by atoms with E-state index in [1.54, 1.807) is 19.1 Å². The minimum atomic E-state index is -0.647. The van der Waals surface area contributed by atoms with Crippen molar-refractivity contribution in [3.8, 4) is 5.75 Å². The van der Waals surface area contributed by atoms with Crippen molar-refractivity contribution in [1.82, 2.24) is 5.32 Å². The Bertz CT molecular complexity index is 927. The second-order valence-corrected chi connectivity index (χ2v) is 7.11. The summed E-state index contributed by atoms with van der Waals surface area (Å²) < 4.78 is 19.8. The van der Waals surface area contributed by atoms with Crippen LogP contribution in [-0.4, -0.2) is 12.0 Å². The molecule has 3 rings (SSSR count). The van der Waals surface area contributed by atoms with Crippen molar-refractivity contribution in [2.75, 3.05) is 0 Å². The van der Waals surface area contributed by atoms with Gasteiger partial charge in [0.05, 0.1) is 6.04 Å². The Hall–Kier alpha value is -2.40. The number of amides is 1. The van der Waals surface area contributed by atoms with Crippen molar-refractivity contribution < 1.29 is 13.9 Å². The highest BCUT2D eigenvalue weighted by atomic mass is 79.9. The Balaban J connectivity index is 1.65. The molecular weight excluding hydrogens is 397 g/mol. The number of hydrogen-bond acceptors (Lipinski definition) is 2. The van der Waals surface area contributed by atoms with Gasteiger partial charge in [0.25, 0.3) is 5.91 Å². The van der Waals surface area contributed by atoms with Crippen LogP contribution in [0.2, 0.25) is 0 Å². The third-order valence-electron chi connectivity index (χ3n) is 4.18. The molecule has 5 heteroatoms. The van der Waals surface area contributed by atoms with Gasteiger partial charge in [-0.05, 0) is 66.6 Å². The van der Waals surface area contributed by atoms with E-state index in [1.165, 1.54) is 12.1 Å². The summed E-state index contributed by atoms with van der Waals surface area (Å²) in [5.74, 6) is 0.113. The SMILES string of the molecule is C[C@H](NC(=O)[C@@H](C)Oc1ccc2cc(Br)ccc2c1)c1ccc(F)cc1. The summed E-state index contributed by atoms with van der Waals surface area (Å²) in [6.07, 6.45) is -0.647. The van der Waals surface area contributed by atoms with Gasteiger partial charge in [-0.2, -0.15) is 0 Å². The van der Waals surface area contributed by atoms with Crippen molar-refractivity contribution in [2.45, 2.75) is 26.0 Å². The highest BCUT2D eigenvalue weighted by Crippen LogP contribution is 2.25. The molecule has 0 aliphatic rings. The molecule has 0 unspecified atom stereocenters. The van der Waals surface area contributed by atoms with Crippen LogP contribution in [0.25, 0.3) is 10.8 Å². The number of halogens is 2. The molecule has 0 bridgehead atoms. The van der Waals surface area contributed by atoms with Crippen molar-refractivity contribution in [1.29, 1.82) is 0 Å². The van der Waals surface area contributed by atoms with E-state index in [9.17, 15) is 9.18 Å². The van der Waals surface area contributed by atoms with Crippen LogP contribution >= 0.6 is 15.9 Å². The first kappa shape index (κ1) is 18.4. The van der Waals surface area contributed by atoms with Gasteiger partial charge in [-0.1, -0.05) is 40.2 Å². The second kappa shape index (κ2) is 7.87. The first-order valence-corrected chi connectivity index (χ1v) is 9.13. The van der Waals surface area contributed by atoms with Gasteiger partial charge in [0.2, 0.25) is 0 Å². The van der Waals surface area contributed by atoms with E-state index in [-0.39, 0.29) is 17.8 Å². The molecule has 0 spiro atoms. The van der Waals surface area contributed by atoms with Crippen LogP contribution in [0.5, 0.6) is 5.75 Å². The van der Waals surface area contributed by atoms with Crippen LogP contribution in [0.4, 0.5) is 4.39 Å². The lowest BCUT2D eigenvalue weighted by Gasteiger charge is -2.19. The van der Waals surface area contributed by atoms with Crippen molar-refractivity contribution in [3.05, 3.63) is 76.5 Å². The van der Waals surface area contributed by atoms with Crippen LogP contribution in [0, 0.1) is 5.82 Å². The molecule has 2 atom stereocenters. The Kier molecular flexibility index (Phi) is 5.57. The van der Waals surface area contributed by atoms with E-state index in [2.05, 4.69) is 21.2 Å². The normalized spacial score (nSPS) is 13.2. The Morgan fingerprint density at radius 3 is 2.38 bits per heavy atom. The topological polar surface area (TPSA) is 38.3 Å². The van der Waals surface area contributed by atoms with Gasteiger partial charge in [-0.15, -0.1) is 0 Å². The molecule has 3 aromatic rings. The van der Waals surface area contributed by atoms with E-state index in [0.29, 0.717) is 5.75 Å². The number of ether oxygens (including phenoxy) is 1. The molecule has 1 N–H and O–H groups in total. The maximum absolute atomic E-state index is 13.0. The van der Waals surface area contributed by atoms with E-state index >= 15 is 0 Å². The summed E-state index contributed by atoms with van der Waals surface area (Å²) in [6.45, 7) is 3.56. The molecule has 0 fully saturated rings. The third kappa shape index (κ3) is 4.41. The van der Waals surface area contributed by atoms with Gasteiger partial charge in [-0.3, -0.25) is 4.79 Å². The van der Waals surface area contributed by atoms with E-state index in [4.69, 9.17) is 4.74 Å². The summed E-state index contributed by atoms with van der Waals surface area (Å²) in [6, 6.07) is 17.6. The summed E-state index contributed by atoms with van der Waals surface area (Å²) >= 11 is 3.45. The van der Waals surface area contributed by atoms with E-state index in [0.717, 1.165) is 20.8 Å². The largest absolute Gasteiger partial charge is 0.481 e. The fraction of sp³-hybridized carbons (Fsp3) is 0.190. The summed E-state index contributed by atoms with van der Waals surface area (Å²) in [5.41, 5.74) is 0.836. The predicted octanol–water partition coefficient (Wildman–Crippen LogP) is 5.39. The predicted molar refractivity (Wildman–Crippen MR) is 105 cm³/mol. The smallest absolute Gasteiger partial charge is 0.261 e. The lowest BCUT2D eigenvalue weighted by Crippen LogP contribution is -2.37. The fourth-order valence-corrected chi connectivity index (χ4v) is 3.07. The molecule has 3 aromatic carbocycles. The molecule has 0 radical (unpaired) electrons. The van der Waals surface area contributed by atoms with Gasteiger partial charge in [0.1, 0.15) is 11.6 Å². The standard InChI is InChI=1S/C21H19BrFNO2/c1-13(15-4-8-19(23)9-5-15)24-21(25)14(2)26-20-10-6-16-11-18(22)7-3-17(16)12-20/h3-14H,1-2H3,(H,24,25)/t13-,14+/m0/s1. The number of carbonyl (C=O) groups excluding carboxylic acids is 1. The molecule has 0 aliphatic heterocycles. The lowest BCUT2D eigenvalue weighted by atomic mass is 10.1. The zero-order chi connectivity index (χ0) is 18.7. The molecule has 0 saturated heterocycles. The fourth-order valence-electron chi connectivity index (χ4n) is 2.69. The van der Waals surface area contributed by atoms with Gasteiger partial charge in [0, 0.05) is 4.47 Å². The average molecular weight is 416 g/mol. The van der Waals surface area contributed by atoms with Gasteiger partial charge in [-0.25, -0.2) is 4.39 Å². The highest BCUT2D eigenvalue weighted by molar-refractivity contribution is 9.10. The Labute approximate surface area is 160 Å². The van der Waals surface area contributed by atoms with Crippen LogP contribution in [-0.2, 0) is 4.79 Å². The second-order valence-electron chi connectivity index (χ2n) is 6.20. The van der Waals surface area contributed by atoms with Gasteiger partial charge < -0.3 is 10.1 Å². The van der Waals surface area contributed by atoms with Crippen LogP contribution in [0.1, 0.15) is 25.5 Å². The molecule has 0 aromatic heterocycles. The zero-order valence-electron chi connectivity index (χ0n) is 14.5. The summed E-state index contributed by atoms with van der Waals surface area (Å²) in [7, 11) is 0. The monoisotopic (exact) mass is 415 g/mol. The molecule has 134 valence electrons. The number of hydrogen-bond donors (Lipinski definition) is 1. The number of nitrogens with one attached hydrogen (secondary N) is 1. The average Bonchev–Trinajstić information content (AvgIpc) is 2.62. The molecule has 26 heavy (non-hydrogen) atoms. The highest BCUT2D eigenvalue weighted by Gasteiger charge is 2.18. The Morgan fingerprint density at radius 1 is 1.00 bits per heavy atom. The minimum absolute atomic E-state index is 0.224. The van der Waals surface area contributed by atoms with Crippen LogP contribution < -0.4 is 10.1 Å². The minimum Gasteiger partial charge on any atom is -0.481 e. The molecule has 3 nitrogen and oxygen atoms in total. The van der Waals surface area contributed by atoms with E-state index in [1.807, 2.05) is 43.3 Å². The third-order valence-corrected chi connectivity index (χ3v) is 4.68. The van der Waals surface area contributed by atoms with Gasteiger partial charge >= 0.3 is 0 Å². The molecule has 0 heterocycles. The van der Waals surface area contributed by atoms with Crippen molar-refractivity contribution in [2.24, 2.45) is 0 Å². The first-order valence-electron chi connectivity index (χ1n) is 8.34. The summed E-state index contributed by atoms with van der Waals surface area (Å²) in [5, 5.41) is 5.02. The molecular formula is C21H19BrFNO2. The molecule has 0 aliphatic carbocycles. The molecule has 1 amide bonds. The van der Waals surface area contributed by atoms with Crippen molar-refractivity contribution in [3.63, 3.8) is 0 Å². The Morgan fingerprint density at radius 2 is 1.65 bits per heavy atom. The first-order chi connectivity index (χ1) is 12.4. The lowest BCUT2D eigenvalue weighted by molar-refractivity contribution is -0.127. The van der Waals surface area contributed by atoms with Gasteiger partial charge in [0.15, 0.2) is 6.10 Å². The molecule has 0 saturated carbocycles. The van der Waals surface area contributed by atoms with Crippen LogP contribution in [0.15, 0.2) is 65.1 Å². The van der Waals surface area contributed by atoms with E-state index < -0.39 is 6.10 Å². The van der Waals surface area contributed by atoms with Crippen molar-refractivity contribution >= 4 is 32.6 Å². The summed E-state index contributed by atoms with van der Waals surface area (Å²) in [4.78, 5) is 12.4. The maximum atomic E-state index is 13.0. The van der Waals surface area contributed by atoms with Crippen LogP contribution in [0.3, 0.4) is 0 Å². The number of benzene rings is 3. The number of fused-ring (bicyclic) bond motifs is 1. The number of rotatable bonds is 5. The zero-order valence-corrected chi connectivity index (χ0v) is 16.1. The quantitative estimate of drug-likeness (QED) is 0.606. The number of carbonyl (C=O) groups is 1. The maximum Gasteiger partial charge on any atom is 0.261 e.